The van der Waals surface area contributed by atoms with Gasteiger partial charge in [-0.15, -0.1) is 0 Å². The van der Waals surface area contributed by atoms with Crippen molar-refractivity contribution in [1.82, 2.24) is 0 Å². The predicted molar refractivity (Wildman–Crippen MR) is 83.6 cm³/mol. The maximum Gasteiger partial charge on any atom is 0.119 e. The first-order valence-electron chi connectivity index (χ1n) is 7.09. The summed E-state index contributed by atoms with van der Waals surface area (Å²) in [6, 6.07) is 14.6. The molecule has 0 amide bonds. The van der Waals surface area contributed by atoms with E-state index in [9.17, 15) is 0 Å². The number of anilines is 2. The molecular formula is C17H20N2O. The van der Waals surface area contributed by atoms with Gasteiger partial charge >= 0.3 is 0 Å². The Labute approximate surface area is 120 Å². The third-order valence-electron chi connectivity index (χ3n) is 3.73. The zero-order valence-electron chi connectivity index (χ0n) is 11.8. The summed E-state index contributed by atoms with van der Waals surface area (Å²) in [4.78, 5) is 0. The molecule has 104 valence electrons. The Balaban J connectivity index is 1.71. The highest BCUT2D eigenvalue weighted by atomic mass is 16.5. The summed E-state index contributed by atoms with van der Waals surface area (Å²) in [7, 11) is 1.68. The molecule has 3 rings (SSSR count). The molecule has 2 N–H and O–H groups in total. The van der Waals surface area contributed by atoms with E-state index >= 15 is 0 Å². The SMILES string of the molecule is COc1ccc(NCc2cccc3c2NCCC3)cc1. The van der Waals surface area contributed by atoms with Crippen molar-refractivity contribution in [3.8, 4) is 5.75 Å². The normalized spacial score (nSPS) is 13.2. The lowest BCUT2D eigenvalue weighted by Crippen LogP contribution is -2.14. The average Bonchev–Trinajstić information content (AvgIpc) is 2.53. The largest absolute Gasteiger partial charge is 0.497 e. The Hall–Kier alpha value is -2.16. The molecule has 0 aliphatic carbocycles. The number of para-hydroxylation sites is 1. The molecule has 0 radical (unpaired) electrons. The van der Waals surface area contributed by atoms with Crippen molar-refractivity contribution >= 4 is 11.4 Å². The van der Waals surface area contributed by atoms with E-state index in [4.69, 9.17) is 4.74 Å². The van der Waals surface area contributed by atoms with Crippen LogP contribution in [0.1, 0.15) is 17.5 Å². The van der Waals surface area contributed by atoms with E-state index in [0.717, 1.165) is 24.5 Å². The minimum Gasteiger partial charge on any atom is -0.497 e. The van der Waals surface area contributed by atoms with E-state index in [1.54, 1.807) is 7.11 Å². The van der Waals surface area contributed by atoms with Gasteiger partial charge in [-0.25, -0.2) is 0 Å². The van der Waals surface area contributed by atoms with E-state index in [1.165, 1.54) is 29.7 Å². The summed E-state index contributed by atoms with van der Waals surface area (Å²) < 4.78 is 5.17. The predicted octanol–water partition coefficient (Wildman–Crippen LogP) is 3.67. The lowest BCUT2D eigenvalue weighted by atomic mass is 9.99. The summed E-state index contributed by atoms with van der Waals surface area (Å²) in [5.74, 6) is 0.884. The number of methoxy groups -OCH3 is 1. The van der Waals surface area contributed by atoms with Gasteiger partial charge in [-0.05, 0) is 48.2 Å². The molecule has 2 aromatic rings. The first-order valence-corrected chi connectivity index (χ1v) is 7.09. The highest BCUT2D eigenvalue weighted by molar-refractivity contribution is 5.60. The molecule has 3 nitrogen and oxygen atoms in total. The number of aryl methyl sites for hydroxylation is 1. The monoisotopic (exact) mass is 268 g/mol. The Bertz CT molecular complexity index is 578. The zero-order valence-corrected chi connectivity index (χ0v) is 11.8. The number of ether oxygens (including phenoxy) is 1. The van der Waals surface area contributed by atoms with Crippen LogP contribution in [0.3, 0.4) is 0 Å². The van der Waals surface area contributed by atoms with Crippen LogP contribution in [-0.4, -0.2) is 13.7 Å². The summed E-state index contributed by atoms with van der Waals surface area (Å²) in [5.41, 5.74) is 5.20. The molecule has 0 saturated carbocycles. The molecule has 0 saturated heterocycles. The Morgan fingerprint density at radius 2 is 2.00 bits per heavy atom. The smallest absolute Gasteiger partial charge is 0.119 e. The van der Waals surface area contributed by atoms with Crippen LogP contribution >= 0.6 is 0 Å². The van der Waals surface area contributed by atoms with E-state index in [2.05, 4.69) is 28.8 Å². The molecule has 0 fully saturated rings. The van der Waals surface area contributed by atoms with Gasteiger partial charge in [0.15, 0.2) is 0 Å². The molecule has 1 heterocycles. The molecule has 1 aliphatic heterocycles. The van der Waals surface area contributed by atoms with Gasteiger partial charge in [-0.3, -0.25) is 0 Å². The van der Waals surface area contributed by atoms with Gasteiger partial charge in [0.2, 0.25) is 0 Å². The first kappa shape index (κ1) is 12.9. The van der Waals surface area contributed by atoms with E-state index in [-0.39, 0.29) is 0 Å². The number of hydrogen-bond donors (Lipinski definition) is 2. The average molecular weight is 268 g/mol. The van der Waals surface area contributed by atoms with Gasteiger partial charge in [0.25, 0.3) is 0 Å². The molecule has 20 heavy (non-hydrogen) atoms. The van der Waals surface area contributed by atoms with Crippen molar-refractivity contribution in [3.05, 3.63) is 53.6 Å². The maximum atomic E-state index is 5.17. The van der Waals surface area contributed by atoms with Crippen molar-refractivity contribution in [3.63, 3.8) is 0 Å². The third kappa shape index (κ3) is 2.72. The van der Waals surface area contributed by atoms with Crippen LogP contribution in [0.4, 0.5) is 11.4 Å². The lowest BCUT2D eigenvalue weighted by molar-refractivity contribution is 0.415. The van der Waals surface area contributed by atoms with Crippen molar-refractivity contribution in [1.29, 1.82) is 0 Å². The van der Waals surface area contributed by atoms with Crippen LogP contribution in [0, 0.1) is 0 Å². The minimum absolute atomic E-state index is 0.836. The standard InChI is InChI=1S/C17H20N2O/c1-20-16-9-7-15(8-10-16)19-12-14-5-2-4-13-6-3-11-18-17(13)14/h2,4-5,7-10,18-19H,3,6,11-12H2,1H3. The van der Waals surface area contributed by atoms with Crippen LogP contribution in [0.5, 0.6) is 5.75 Å². The second-order valence-electron chi connectivity index (χ2n) is 5.06. The Kier molecular flexibility index (Phi) is 3.77. The van der Waals surface area contributed by atoms with Gasteiger partial charge in [-0.2, -0.15) is 0 Å². The van der Waals surface area contributed by atoms with E-state index < -0.39 is 0 Å². The van der Waals surface area contributed by atoms with Crippen LogP contribution in [0.25, 0.3) is 0 Å². The molecular weight excluding hydrogens is 248 g/mol. The highest BCUT2D eigenvalue weighted by Gasteiger charge is 2.11. The number of rotatable bonds is 4. The zero-order chi connectivity index (χ0) is 13.8. The molecule has 3 heteroatoms. The fourth-order valence-electron chi connectivity index (χ4n) is 2.63. The third-order valence-corrected chi connectivity index (χ3v) is 3.73. The molecule has 0 atom stereocenters. The van der Waals surface area contributed by atoms with Gasteiger partial charge in [-0.1, -0.05) is 18.2 Å². The second kappa shape index (κ2) is 5.87. The summed E-state index contributed by atoms with van der Waals surface area (Å²) in [5, 5.41) is 6.99. The summed E-state index contributed by atoms with van der Waals surface area (Å²) >= 11 is 0. The van der Waals surface area contributed by atoms with Gasteiger partial charge in [0.1, 0.15) is 5.75 Å². The minimum atomic E-state index is 0.836. The maximum absolute atomic E-state index is 5.17. The number of nitrogens with one attached hydrogen (secondary N) is 2. The molecule has 0 unspecified atom stereocenters. The van der Waals surface area contributed by atoms with Crippen molar-refractivity contribution in [2.24, 2.45) is 0 Å². The fourth-order valence-corrected chi connectivity index (χ4v) is 2.63. The number of fused-ring (bicyclic) bond motifs is 1. The van der Waals surface area contributed by atoms with E-state index in [0.29, 0.717) is 0 Å². The van der Waals surface area contributed by atoms with E-state index in [1.807, 2.05) is 24.3 Å². The summed E-state index contributed by atoms with van der Waals surface area (Å²) in [6.45, 7) is 1.91. The van der Waals surface area contributed by atoms with Crippen LogP contribution in [-0.2, 0) is 13.0 Å². The number of benzene rings is 2. The molecule has 2 aromatic carbocycles. The fraction of sp³-hybridized carbons (Fsp3) is 0.294. The first-order chi connectivity index (χ1) is 9.86. The van der Waals surface area contributed by atoms with Crippen molar-refractivity contribution < 1.29 is 4.74 Å². The Morgan fingerprint density at radius 1 is 1.15 bits per heavy atom. The van der Waals surface area contributed by atoms with Gasteiger partial charge in [0, 0.05) is 24.5 Å². The van der Waals surface area contributed by atoms with Crippen LogP contribution in [0.2, 0.25) is 0 Å². The molecule has 0 spiro atoms. The molecule has 0 bridgehead atoms. The summed E-state index contributed by atoms with van der Waals surface area (Å²) in [6.07, 6.45) is 2.40. The molecule has 1 aliphatic rings. The van der Waals surface area contributed by atoms with Crippen molar-refractivity contribution in [2.75, 3.05) is 24.3 Å². The van der Waals surface area contributed by atoms with Crippen LogP contribution in [0.15, 0.2) is 42.5 Å². The van der Waals surface area contributed by atoms with Gasteiger partial charge < -0.3 is 15.4 Å². The Morgan fingerprint density at radius 3 is 2.80 bits per heavy atom. The molecule has 0 aromatic heterocycles. The lowest BCUT2D eigenvalue weighted by Gasteiger charge is -2.21. The second-order valence-corrected chi connectivity index (χ2v) is 5.06. The quantitative estimate of drug-likeness (QED) is 0.887. The van der Waals surface area contributed by atoms with Crippen LogP contribution < -0.4 is 15.4 Å². The topological polar surface area (TPSA) is 33.3 Å². The van der Waals surface area contributed by atoms with Crippen molar-refractivity contribution in [2.45, 2.75) is 19.4 Å². The van der Waals surface area contributed by atoms with Gasteiger partial charge in [0.05, 0.1) is 7.11 Å². The highest BCUT2D eigenvalue weighted by Crippen LogP contribution is 2.26. The number of hydrogen-bond acceptors (Lipinski definition) is 3.